The molecular weight excluding hydrogens is 318 g/mol. The molecule has 2 N–H and O–H groups in total. The Hall–Kier alpha value is -1.22. The number of aryl methyl sites for hydroxylation is 1. The van der Waals surface area contributed by atoms with Crippen molar-refractivity contribution in [1.29, 1.82) is 0 Å². The summed E-state index contributed by atoms with van der Waals surface area (Å²) >= 11 is 0. The summed E-state index contributed by atoms with van der Waals surface area (Å²) in [5.74, 6) is 0. The maximum Gasteiger partial charge on any atom is 0.289 e. The molecule has 9 heteroatoms. The van der Waals surface area contributed by atoms with Gasteiger partial charge in [0.25, 0.3) is 5.69 Å². The summed E-state index contributed by atoms with van der Waals surface area (Å²) in [6.07, 6.45) is 0. The average molecular weight is 338 g/mol. The molecular formula is C12H20ClN3O4S. The van der Waals surface area contributed by atoms with Crippen molar-refractivity contribution in [3.8, 4) is 0 Å². The summed E-state index contributed by atoms with van der Waals surface area (Å²) in [5, 5.41) is 14.0. The second-order valence-corrected chi connectivity index (χ2v) is 6.19. The Morgan fingerprint density at radius 1 is 1.38 bits per heavy atom. The number of sulfonamides is 1. The van der Waals surface area contributed by atoms with Crippen LogP contribution in [0, 0.1) is 17.0 Å². The molecule has 0 aliphatic heterocycles. The number of nitrogens with zero attached hydrogens (tertiary/aromatic N) is 1. The van der Waals surface area contributed by atoms with Gasteiger partial charge in [-0.3, -0.25) is 10.1 Å². The Labute approximate surface area is 130 Å². The fraction of sp³-hybridized carbons (Fsp3) is 0.500. The number of hydrogen-bond donors (Lipinski definition) is 2. The Bertz CT molecular complexity index is 592. The molecule has 120 valence electrons. The lowest BCUT2D eigenvalue weighted by Crippen LogP contribution is -2.39. The van der Waals surface area contributed by atoms with Crippen molar-refractivity contribution in [1.82, 2.24) is 10.0 Å². The van der Waals surface area contributed by atoms with Crippen LogP contribution in [0.4, 0.5) is 5.69 Å². The first kappa shape index (κ1) is 19.8. The van der Waals surface area contributed by atoms with Crippen LogP contribution in [0.2, 0.25) is 0 Å². The third kappa shape index (κ3) is 5.24. The van der Waals surface area contributed by atoms with E-state index >= 15 is 0 Å². The third-order valence-electron chi connectivity index (χ3n) is 2.79. The molecule has 0 unspecified atom stereocenters. The zero-order valence-electron chi connectivity index (χ0n) is 12.1. The minimum absolute atomic E-state index is 0. The molecule has 0 amide bonds. The first-order valence-corrected chi connectivity index (χ1v) is 7.75. The molecule has 1 aromatic rings. The second-order valence-electron chi connectivity index (χ2n) is 4.49. The Morgan fingerprint density at radius 2 is 2.00 bits per heavy atom. The maximum absolute atomic E-state index is 12.2. The van der Waals surface area contributed by atoms with Crippen LogP contribution in [0.15, 0.2) is 23.1 Å². The summed E-state index contributed by atoms with van der Waals surface area (Å²) in [6, 6.07) is 4.14. The molecule has 0 aliphatic carbocycles. The van der Waals surface area contributed by atoms with Crippen molar-refractivity contribution in [2.75, 3.05) is 13.1 Å². The number of nitro benzene ring substituents is 1. The normalized spacial score (nSPS) is 12.5. The predicted octanol–water partition coefficient (Wildman–Crippen LogP) is 1.60. The Balaban J connectivity index is 0.00000400. The minimum atomic E-state index is -3.91. The maximum atomic E-state index is 12.2. The van der Waals surface area contributed by atoms with E-state index < -0.39 is 20.6 Å². The van der Waals surface area contributed by atoms with E-state index in [1.165, 1.54) is 25.1 Å². The highest BCUT2D eigenvalue weighted by atomic mass is 35.5. The summed E-state index contributed by atoms with van der Waals surface area (Å²) in [5.41, 5.74) is -0.0589. The zero-order valence-corrected chi connectivity index (χ0v) is 13.8. The number of hydrogen-bond acceptors (Lipinski definition) is 5. The molecule has 1 rings (SSSR count). The zero-order chi connectivity index (χ0) is 15.3. The van der Waals surface area contributed by atoms with E-state index in [0.29, 0.717) is 12.1 Å². The molecule has 0 spiro atoms. The van der Waals surface area contributed by atoms with Gasteiger partial charge in [-0.25, -0.2) is 13.1 Å². The first-order chi connectivity index (χ1) is 9.29. The molecule has 0 bridgehead atoms. The highest BCUT2D eigenvalue weighted by molar-refractivity contribution is 7.89. The van der Waals surface area contributed by atoms with Crippen LogP contribution in [0.1, 0.15) is 19.4 Å². The van der Waals surface area contributed by atoms with Gasteiger partial charge in [0.15, 0.2) is 4.90 Å². The molecule has 1 atom stereocenters. The SMILES string of the molecule is CCN[C@H](C)CNS(=O)(=O)c1c(C)cccc1[N+](=O)[O-].Cl. The van der Waals surface area contributed by atoms with Crippen LogP contribution >= 0.6 is 12.4 Å². The van der Waals surface area contributed by atoms with E-state index in [2.05, 4.69) is 10.0 Å². The summed E-state index contributed by atoms with van der Waals surface area (Å²) in [4.78, 5) is 10.0. The molecule has 0 saturated heterocycles. The van der Waals surface area contributed by atoms with Gasteiger partial charge in [0, 0.05) is 18.7 Å². The summed E-state index contributed by atoms with van der Waals surface area (Å²) < 4.78 is 26.9. The Kier molecular flexibility index (Phi) is 7.80. The van der Waals surface area contributed by atoms with Gasteiger partial charge >= 0.3 is 0 Å². The van der Waals surface area contributed by atoms with E-state index in [1.807, 2.05) is 13.8 Å². The molecule has 0 radical (unpaired) electrons. The van der Waals surface area contributed by atoms with Crippen LogP contribution in [0.25, 0.3) is 0 Å². The van der Waals surface area contributed by atoms with Gasteiger partial charge in [-0.05, 0) is 26.0 Å². The van der Waals surface area contributed by atoms with Gasteiger partial charge in [-0.1, -0.05) is 19.1 Å². The lowest BCUT2D eigenvalue weighted by atomic mass is 10.2. The van der Waals surface area contributed by atoms with Gasteiger partial charge in [0.2, 0.25) is 10.0 Å². The fourth-order valence-electron chi connectivity index (χ4n) is 1.86. The standard InChI is InChI=1S/C12H19N3O4S.ClH/c1-4-13-10(3)8-14-20(18,19)12-9(2)6-5-7-11(12)15(16)17;/h5-7,10,13-14H,4,8H2,1-3H3;1H/t10-;/m1./s1. The van der Waals surface area contributed by atoms with Crippen molar-refractivity contribution < 1.29 is 13.3 Å². The quantitative estimate of drug-likeness (QED) is 0.581. The topological polar surface area (TPSA) is 101 Å². The summed E-state index contributed by atoms with van der Waals surface area (Å²) in [7, 11) is -3.91. The third-order valence-corrected chi connectivity index (χ3v) is 4.40. The lowest BCUT2D eigenvalue weighted by Gasteiger charge is -2.14. The molecule has 0 saturated carbocycles. The van der Waals surface area contributed by atoms with E-state index in [4.69, 9.17) is 0 Å². The number of halogens is 1. The average Bonchev–Trinajstić information content (AvgIpc) is 2.36. The van der Waals surface area contributed by atoms with Crippen LogP contribution in [-0.2, 0) is 10.0 Å². The molecule has 0 heterocycles. The van der Waals surface area contributed by atoms with Gasteiger partial charge in [0.05, 0.1) is 4.92 Å². The van der Waals surface area contributed by atoms with Crippen molar-refractivity contribution >= 4 is 28.1 Å². The highest BCUT2D eigenvalue weighted by Gasteiger charge is 2.27. The van der Waals surface area contributed by atoms with Crippen molar-refractivity contribution in [3.05, 3.63) is 33.9 Å². The number of benzene rings is 1. The van der Waals surface area contributed by atoms with Crippen molar-refractivity contribution in [2.24, 2.45) is 0 Å². The highest BCUT2D eigenvalue weighted by Crippen LogP contribution is 2.26. The predicted molar refractivity (Wildman–Crippen MR) is 83.4 cm³/mol. The van der Waals surface area contributed by atoms with E-state index in [-0.39, 0.29) is 29.9 Å². The largest absolute Gasteiger partial charge is 0.313 e. The second kappa shape index (κ2) is 8.28. The smallest absolute Gasteiger partial charge is 0.289 e. The lowest BCUT2D eigenvalue weighted by molar-refractivity contribution is -0.387. The van der Waals surface area contributed by atoms with Crippen molar-refractivity contribution in [3.63, 3.8) is 0 Å². The molecule has 21 heavy (non-hydrogen) atoms. The molecule has 0 aromatic heterocycles. The van der Waals surface area contributed by atoms with E-state index in [9.17, 15) is 18.5 Å². The van der Waals surface area contributed by atoms with Crippen LogP contribution in [0.5, 0.6) is 0 Å². The van der Waals surface area contributed by atoms with Gasteiger partial charge in [-0.2, -0.15) is 0 Å². The van der Waals surface area contributed by atoms with Gasteiger partial charge in [-0.15, -0.1) is 12.4 Å². The molecule has 1 aromatic carbocycles. The van der Waals surface area contributed by atoms with Crippen LogP contribution < -0.4 is 10.0 Å². The van der Waals surface area contributed by atoms with Crippen molar-refractivity contribution in [2.45, 2.75) is 31.7 Å². The fourth-order valence-corrected chi connectivity index (χ4v) is 3.38. The van der Waals surface area contributed by atoms with E-state index in [0.717, 1.165) is 0 Å². The number of nitro groups is 1. The number of nitrogens with one attached hydrogen (secondary N) is 2. The summed E-state index contributed by atoms with van der Waals surface area (Å²) in [6.45, 7) is 6.17. The number of likely N-dealkylation sites (N-methyl/N-ethyl adjacent to an activating group) is 1. The Morgan fingerprint density at radius 3 is 2.52 bits per heavy atom. The molecule has 0 fully saturated rings. The molecule has 7 nitrogen and oxygen atoms in total. The first-order valence-electron chi connectivity index (χ1n) is 6.26. The monoisotopic (exact) mass is 337 g/mol. The molecule has 0 aliphatic rings. The van der Waals surface area contributed by atoms with Crippen LogP contribution in [-0.4, -0.2) is 32.5 Å². The minimum Gasteiger partial charge on any atom is -0.313 e. The van der Waals surface area contributed by atoms with Gasteiger partial charge < -0.3 is 5.32 Å². The van der Waals surface area contributed by atoms with E-state index in [1.54, 1.807) is 0 Å². The van der Waals surface area contributed by atoms with Gasteiger partial charge in [0.1, 0.15) is 0 Å². The van der Waals surface area contributed by atoms with Crippen LogP contribution in [0.3, 0.4) is 0 Å². The number of rotatable bonds is 7.